The SMILES string of the molecule is N=C(c1nc(=O)c2ccccc2[nH]1)c1cc(-c2cncc(CNCc3ccccc3)c2)ccc1N. The van der Waals surface area contributed by atoms with Crippen molar-refractivity contribution in [1.82, 2.24) is 20.3 Å². The number of rotatable bonds is 7. The molecule has 5 aromatic rings. The van der Waals surface area contributed by atoms with Crippen molar-refractivity contribution >= 4 is 22.3 Å². The fraction of sp³-hybridized carbons (Fsp3) is 0.0714. The maximum atomic E-state index is 12.4. The molecule has 2 aromatic heterocycles. The molecule has 0 bridgehead atoms. The number of H-pyrrole nitrogens is 1. The summed E-state index contributed by atoms with van der Waals surface area (Å²) in [5, 5.41) is 12.6. The van der Waals surface area contributed by atoms with Crippen molar-refractivity contribution in [2.45, 2.75) is 13.1 Å². The number of aromatic amines is 1. The number of nitrogens with zero attached hydrogens (tertiary/aromatic N) is 2. The molecule has 172 valence electrons. The van der Waals surface area contributed by atoms with E-state index in [2.05, 4.69) is 38.5 Å². The standard InChI is InChI=1S/C28H24N6O/c29-24-11-10-20(21-12-19(16-32-17-21)15-31-14-18-6-2-1-3-7-18)13-23(24)26(30)27-33-25-9-5-4-8-22(25)28(35)34-27/h1-13,16-17,30-31H,14-15,29H2,(H,33,34,35). The number of nitrogens with one attached hydrogen (secondary N) is 3. The zero-order chi connectivity index (χ0) is 24.2. The summed E-state index contributed by atoms with van der Waals surface area (Å²) in [5.74, 6) is 0.175. The minimum absolute atomic E-state index is 0.0563. The van der Waals surface area contributed by atoms with Crippen molar-refractivity contribution in [3.63, 3.8) is 0 Å². The molecular weight excluding hydrogens is 436 g/mol. The van der Waals surface area contributed by atoms with Gasteiger partial charge in [0, 0.05) is 42.3 Å². The summed E-state index contributed by atoms with van der Waals surface area (Å²) in [6, 6.07) is 24.9. The average Bonchev–Trinajstić information content (AvgIpc) is 2.89. The third-order valence-electron chi connectivity index (χ3n) is 5.81. The van der Waals surface area contributed by atoms with Gasteiger partial charge in [-0.3, -0.25) is 15.2 Å². The van der Waals surface area contributed by atoms with E-state index in [0.717, 1.165) is 23.2 Å². The molecule has 0 saturated heterocycles. The molecule has 3 aromatic carbocycles. The molecule has 0 aliphatic heterocycles. The Labute approximate surface area is 202 Å². The highest BCUT2D eigenvalue weighted by Gasteiger charge is 2.14. The summed E-state index contributed by atoms with van der Waals surface area (Å²) in [4.78, 5) is 24.0. The molecule has 5 rings (SSSR count). The molecule has 0 unspecified atom stereocenters. The molecule has 0 aliphatic rings. The van der Waals surface area contributed by atoms with E-state index in [1.54, 1.807) is 30.5 Å². The molecule has 7 heteroatoms. The van der Waals surface area contributed by atoms with E-state index in [9.17, 15) is 4.79 Å². The summed E-state index contributed by atoms with van der Waals surface area (Å²) in [6.07, 6.45) is 3.63. The van der Waals surface area contributed by atoms with Crippen LogP contribution in [-0.2, 0) is 13.1 Å². The summed E-state index contributed by atoms with van der Waals surface area (Å²) >= 11 is 0. The summed E-state index contributed by atoms with van der Waals surface area (Å²) in [5.41, 5.74) is 11.5. The Balaban J connectivity index is 1.40. The van der Waals surface area contributed by atoms with Crippen LogP contribution in [0.2, 0.25) is 0 Å². The number of anilines is 1. The van der Waals surface area contributed by atoms with E-state index in [1.807, 2.05) is 42.6 Å². The number of hydrogen-bond acceptors (Lipinski definition) is 6. The molecule has 5 N–H and O–H groups in total. The third kappa shape index (κ3) is 4.85. The summed E-state index contributed by atoms with van der Waals surface area (Å²) < 4.78 is 0. The van der Waals surface area contributed by atoms with Crippen LogP contribution >= 0.6 is 0 Å². The van der Waals surface area contributed by atoms with Crippen molar-refractivity contribution in [3.8, 4) is 11.1 Å². The van der Waals surface area contributed by atoms with Gasteiger partial charge in [-0.15, -0.1) is 0 Å². The second-order valence-electron chi connectivity index (χ2n) is 8.28. The van der Waals surface area contributed by atoms with E-state index >= 15 is 0 Å². The van der Waals surface area contributed by atoms with Gasteiger partial charge in [0.15, 0.2) is 5.82 Å². The molecule has 7 nitrogen and oxygen atoms in total. The molecule has 0 radical (unpaired) electrons. The van der Waals surface area contributed by atoms with Crippen LogP contribution in [0.3, 0.4) is 0 Å². The highest BCUT2D eigenvalue weighted by atomic mass is 16.1. The van der Waals surface area contributed by atoms with Gasteiger partial charge in [0.25, 0.3) is 5.56 Å². The number of aromatic nitrogens is 3. The van der Waals surface area contributed by atoms with Crippen molar-refractivity contribution in [2.75, 3.05) is 5.73 Å². The highest BCUT2D eigenvalue weighted by molar-refractivity contribution is 6.12. The smallest absolute Gasteiger partial charge is 0.281 e. The molecule has 0 atom stereocenters. The van der Waals surface area contributed by atoms with Crippen LogP contribution in [0.1, 0.15) is 22.5 Å². The number of fused-ring (bicyclic) bond motifs is 1. The summed E-state index contributed by atoms with van der Waals surface area (Å²) in [7, 11) is 0. The fourth-order valence-electron chi connectivity index (χ4n) is 3.98. The van der Waals surface area contributed by atoms with E-state index in [4.69, 9.17) is 11.1 Å². The first kappa shape index (κ1) is 22.2. The molecule has 2 heterocycles. The lowest BCUT2D eigenvalue weighted by Gasteiger charge is -2.11. The lowest BCUT2D eigenvalue weighted by atomic mass is 9.99. The van der Waals surface area contributed by atoms with E-state index in [-0.39, 0.29) is 17.1 Å². The number of pyridine rings is 1. The first-order chi connectivity index (χ1) is 17.1. The second kappa shape index (κ2) is 9.70. The maximum Gasteiger partial charge on any atom is 0.281 e. The van der Waals surface area contributed by atoms with Crippen LogP contribution in [0.15, 0.2) is 96.1 Å². The Hall–Kier alpha value is -4.62. The zero-order valence-electron chi connectivity index (χ0n) is 19.0. The number of para-hydroxylation sites is 1. The Kier molecular flexibility index (Phi) is 6.15. The lowest BCUT2D eigenvalue weighted by molar-refractivity contribution is 0.691. The Morgan fingerprint density at radius 3 is 2.51 bits per heavy atom. The first-order valence-corrected chi connectivity index (χ1v) is 11.3. The molecule has 0 spiro atoms. The van der Waals surface area contributed by atoms with Crippen LogP contribution in [0.4, 0.5) is 5.69 Å². The first-order valence-electron chi connectivity index (χ1n) is 11.3. The van der Waals surface area contributed by atoms with Gasteiger partial charge < -0.3 is 16.0 Å². The third-order valence-corrected chi connectivity index (χ3v) is 5.81. The largest absolute Gasteiger partial charge is 0.398 e. The summed E-state index contributed by atoms with van der Waals surface area (Å²) in [6.45, 7) is 1.45. The monoisotopic (exact) mass is 460 g/mol. The van der Waals surface area contributed by atoms with E-state index in [0.29, 0.717) is 28.7 Å². The van der Waals surface area contributed by atoms with Crippen molar-refractivity contribution in [3.05, 3.63) is 124 Å². The van der Waals surface area contributed by atoms with Gasteiger partial charge in [-0.1, -0.05) is 48.5 Å². The predicted molar refractivity (Wildman–Crippen MR) is 139 cm³/mol. The van der Waals surface area contributed by atoms with Crippen molar-refractivity contribution in [1.29, 1.82) is 5.41 Å². The van der Waals surface area contributed by atoms with Gasteiger partial charge in [-0.25, -0.2) is 0 Å². The molecular formula is C28H24N6O. The Bertz CT molecular complexity index is 1580. The highest BCUT2D eigenvalue weighted by Crippen LogP contribution is 2.25. The van der Waals surface area contributed by atoms with Gasteiger partial charge in [-0.2, -0.15) is 4.98 Å². The predicted octanol–water partition coefficient (Wildman–Crippen LogP) is 4.27. The molecule has 35 heavy (non-hydrogen) atoms. The minimum Gasteiger partial charge on any atom is -0.398 e. The quantitative estimate of drug-likeness (QED) is 0.213. The lowest BCUT2D eigenvalue weighted by Crippen LogP contribution is -2.17. The van der Waals surface area contributed by atoms with Crippen molar-refractivity contribution in [2.24, 2.45) is 0 Å². The normalized spacial score (nSPS) is 11.0. The zero-order valence-corrected chi connectivity index (χ0v) is 19.0. The van der Waals surface area contributed by atoms with Gasteiger partial charge in [0.1, 0.15) is 5.71 Å². The van der Waals surface area contributed by atoms with Crippen LogP contribution in [0.25, 0.3) is 22.0 Å². The van der Waals surface area contributed by atoms with Gasteiger partial charge >= 0.3 is 0 Å². The molecule has 0 saturated carbocycles. The molecule has 0 fully saturated rings. The Morgan fingerprint density at radius 2 is 1.66 bits per heavy atom. The topological polar surface area (TPSA) is 121 Å². The van der Waals surface area contributed by atoms with Crippen molar-refractivity contribution < 1.29 is 0 Å². The van der Waals surface area contributed by atoms with Crippen LogP contribution in [-0.4, -0.2) is 20.7 Å². The molecule has 0 amide bonds. The Morgan fingerprint density at radius 1 is 0.886 bits per heavy atom. The second-order valence-corrected chi connectivity index (χ2v) is 8.28. The van der Waals surface area contributed by atoms with Gasteiger partial charge in [0.2, 0.25) is 0 Å². The minimum atomic E-state index is -0.381. The van der Waals surface area contributed by atoms with Crippen LogP contribution < -0.4 is 16.6 Å². The molecule has 0 aliphatic carbocycles. The van der Waals surface area contributed by atoms with Gasteiger partial charge in [0.05, 0.1) is 10.9 Å². The van der Waals surface area contributed by atoms with Crippen LogP contribution in [0, 0.1) is 5.41 Å². The van der Waals surface area contributed by atoms with E-state index in [1.165, 1.54) is 5.56 Å². The number of benzene rings is 3. The van der Waals surface area contributed by atoms with Gasteiger partial charge in [-0.05, 0) is 47.0 Å². The maximum absolute atomic E-state index is 12.4. The fourth-order valence-corrected chi connectivity index (χ4v) is 3.98. The number of hydrogen-bond donors (Lipinski definition) is 4. The number of nitrogens with two attached hydrogens (primary N) is 1. The average molecular weight is 461 g/mol. The number of nitrogen functional groups attached to an aromatic ring is 1. The van der Waals surface area contributed by atoms with E-state index < -0.39 is 0 Å². The van der Waals surface area contributed by atoms with Crippen LogP contribution in [0.5, 0.6) is 0 Å².